The molecule has 0 spiro atoms. The second kappa shape index (κ2) is 6.91. The number of hydrogen-bond acceptors (Lipinski definition) is 3. The second-order valence-corrected chi connectivity index (χ2v) is 9.91. The fraction of sp³-hybridized carbons (Fsp3) is 0.476. The number of piperazine rings is 1. The van der Waals surface area contributed by atoms with Crippen LogP contribution in [-0.2, 0) is 14.8 Å². The number of hydrogen-bond donors (Lipinski definition) is 0. The van der Waals surface area contributed by atoms with Crippen LogP contribution in [0.1, 0.15) is 32.6 Å². The summed E-state index contributed by atoms with van der Waals surface area (Å²) in [6, 6.07) is 13.0. The summed E-state index contributed by atoms with van der Waals surface area (Å²) in [6.07, 6.45) is 4.11. The molecule has 0 bridgehead atoms. The molecule has 1 amide bonds. The molecule has 2 fully saturated rings. The van der Waals surface area contributed by atoms with E-state index in [1.54, 1.807) is 12.1 Å². The highest BCUT2D eigenvalue weighted by Gasteiger charge is 2.40. The minimum atomic E-state index is -3.54. The van der Waals surface area contributed by atoms with Crippen LogP contribution in [0, 0.1) is 5.41 Å². The predicted molar refractivity (Wildman–Crippen MR) is 106 cm³/mol. The smallest absolute Gasteiger partial charge is 0.243 e. The molecule has 0 aromatic heterocycles. The Morgan fingerprint density at radius 1 is 0.926 bits per heavy atom. The number of fused-ring (bicyclic) bond motifs is 1. The Labute approximate surface area is 161 Å². The van der Waals surface area contributed by atoms with E-state index in [2.05, 4.69) is 6.92 Å². The zero-order valence-corrected chi connectivity index (χ0v) is 16.5. The highest BCUT2D eigenvalue weighted by Crippen LogP contribution is 2.39. The fourth-order valence-corrected chi connectivity index (χ4v) is 5.82. The Morgan fingerprint density at radius 3 is 2.22 bits per heavy atom. The molecule has 1 heterocycles. The zero-order valence-electron chi connectivity index (χ0n) is 15.7. The Kier molecular flexibility index (Phi) is 4.72. The van der Waals surface area contributed by atoms with Gasteiger partial charge in [0.1, 0.15) is 0 Å². The van der Waals surface area contributed by atoms with Gasteiger partial charge in [-0.2, -0.15) is 4.31 Å². The Hall–Kier alpha value is -1.92. The van der Waals surface area contributed by atoms with Gasteiger partial charge in [0.2, 0.25) is 15.9 Å². The van der Waals surface area contributed by atoms with Crippen molar-refractivity contribution in [2.45, 2.75) is 37.5 Å². The van der Waals surface area contributed by atoms with Crippen LogP contribution in [0.3, 0.4) is 0 Å². The molecule has 1 aliphatic heterocycles. The number of nitrogens with zero attached hydrogens (tertiary/aromatic N) is 2. The van der Waals surface area contributed by atoms with Crippen molar-refractivity contribution in [1.29, 1.82) is 0 Å². The largest absolute Gasteiger partial charge is 0.340 e. The maximum atomic E-state index is 13.0. The highest BCUT2D eigenvalue weighted by atomic mass is 32.2. The lowest BCUT2D eigenvalue weighted by atomic mass is 9.87. The van der Waals surface area contributed by atoms with Crippen LogP contribution in [0.15, 0.2) is 47.4 Å². The van der Waals surface area contributed by atoms with Gasteiger partial charge in [-0.15, -0.1) is 0 Å². The van der Waals surface area contributed by atoms with E-state index in [1.165, 1.54) is 4.31 Å². The fourth-order valence-electron chi connectivity index (χ4n) is 4.36. The topological polar surface area (TPSA) is 57.7 Å². The summed E-state index contributed by atoms with van der Waals surface area (Å²) < 4.78 is 27.6. The van der Waals surface area contributed by atoms with Crippen LogP contribution in [0.25, 0.3) is 10.8 Å². The Morgan fingerprint density at radius 2 is 1.56 bits per heavy atom. The van der Waals surface area contributed by atoms with E-state index in [0.29, 0.717) is 31.1 Å². The number of benzene rings is 2. The quantitative estimate of drug-likeness (QED) is 0.814. The SMILES string of the molecule is CC1(C(=O)N2CCN(S(=O)(=O)c3ccc4ccccc4c3)CC2)CCCC1. The van der Waals surface area contributed by atoms with Crippen LogP contribution in [0.5, 0.6) is 0 Å². The number of carbonyl (C=O) groups is 1. The molecule has 0 N–H and O–H groups in total. The summed E-state index contributed by atoms with van der Waals surface area (Å²) in [5.74, 6) is 0.197. The molecule has 5 nitrogen and oxygen atoms in total. The molecule has 4 rings (SSSR count). The number of amides is 1. The molecule has 2 aromatic rings. The van der Waals surface area contributed by atoms with Crippen LogP contribution >= 0.6 is 0 Å². The lowest BCUT2D eigenvalue weighted by Gasteiger charge is -2.38. The zero-order chi connectivity index (χ0) is 19.1. The summed E-state index contributed by atoms with van der Waals surface area (Å²) >= 11 is 0. The summed E-state index contributed by atoms with van der Waals surface area (Å²) in [6.45, 7) is 3.72. The van der Waals surface area contributed by atoms with Crippen LogP contribution in [-0.4, -0.2) is 49.7 Å². The van der Waals surface area contributed by atoms with Gasteiger partial charge in [-0.3, -0.25) is 4.79 Å². The summed E-state index contributed by atoms with van der Waals surface area (Å²) in [4.78, 5) is 15.0. The molecular weight excluding hydrogens is 360 g/mol. The average molecular weight is 387 g/mol. The van der Waals surface area contributed by atoms with Crippen LogP contribution in [0.2, 0.25) is 0 Å². The van der Waals surface area contributed by atoms with Crippen molar-refractivity contribution in [3.63, 3.8) is 0 Å². The third-order valence-electron chi connectivity index (χ3n) is 6.11. The van der Waals surface area contributed by atoms with E-state index >= 15 is 0 Å². The molecule has 27 heavy (non-hydrogen) atoms. The molecule has 6 heteroatoms. The van der Waals surface area contributed by atoms with Crippen LogP contribution < -0.4 is 0 Å². The summed E-state index contributed by atoms with van der Waals surface area (Å²) in [7, 11) is -3.54. The minimum absolute atomic E-state index is 0.197. The van der Waals surface area contributed by atoms with Gasteiger partial charge in [-0.05, 0) is 35.7 Å². The molecule has 0 radical (unpaired) electrons. The molecule has 0 unspecified atom stereocenters. The third-order valence-corrected chi connectivity index (χ3v) is 8.00. The molecule has 2 aromatic carbocycles. The van der Waals surface area contributed by atoms with Gasteiger partial charge in [-0.25, -0.2) is 8.42 Å². The number of sulfonamides is 1. The molecule has 144 valence electrons. The van der Waals surface area contributed by atoms with Gasteiger partial charge in [-0.1, -0.05) is 50.1 Å². The highest BCUT2D eigenvalue weighted by molar-refractivity contribution is 7.89. The minimum Gasteiger partial charge on any atom is -0.340 e. The van der Waals surface area contributed by atoms with Crippen molar-refractivity contribution in [3.8, 4) is 0 Å². The van der Waals surface area contributed by atoms with Gasteiger partial charge >= 0.3 is 0 Å². The van der Waals surface area contributed by atoms with Gasteiger partial charge in [0.05, 0.1) is 4.90 Å². The first-order valence-electron chi connectivity index (χ1n) is 9.69. The van der Waals surface area contributed by atoms with Gasteiger partial charge in [0.15, 0.2) is 0 Å². The van der Waals surface area contributed by atoms with Gasteiger partial charge in [0, 0.05) is 31.6 Å². The van der Waals surface area contributed by atoms with E-state index in [1.807, 2.05) is 35.2 Å². The van der Waals surface area contributed by atoms with Crippen molar-refractivity contribution >= 4 is 26.7 Å². The van der Waals surface area contributed by atoms with E-state index in [9.17, 15) is 13.2 Å². The third kappa shape index (κ3) is 3.36. The van der Waals surface area contributed by atoms with E-state index in [-0.39, 0.29) is 11.3 Å². The first-order chi connectivity index (χ1) is 12.9. The van der Waals surface area contributed by atoms with Crippen molar-refractivity contribution in [1.82, 2.24) is 9.21 Å². The number of carbonyl (C=O) groups excluding carboxylic acids is 1. The summed E-state index contributed by atoms with van der Waals surface area (Å²) in [5.41, 5.74) is -0.251. The normalized spacial score (nSPS) is 20.9. The first-order valence-corrected chi connectivity index (χ1v) is 11.1. The molecule has 2 aliphatic rings. The van der Waals surface area contributed by atoms with Crippen molar-refractivity contribution in [3.05, 3.63) is 42.5 Å². The monoisotopic (exact) mass is 386 g/mol. The summed E-state index contributed by atoms with van der Waals surface area (Å²) in [5, 5.41) is 1.94. The van der Waals surface area contributed by atoms with Gasteiger partial charge < -0.3 is 4.90 Å². The second-order valence-electron chi connectivity index (χ2n) is 7.97. The van der Waals surface area contributed by atoms with E-state index in [4.69, 9.17) is 0 Å². The predicted octanol–water partition coefficient (Wildman–Crippen LogP) is 3.25. The first kappa shape index (κ1) is 18.4. The standard InChI is InChI=1S/C21H26N2O3S/c1-21(10-4-5-11-21)20(24)22-12-14-23(15-13-22)27(25,26)19-9-8-17-6-2-3-7-18(17)16-19/h2-3,6-9,16H,4-5,10-15H2,1H3. The molecule has 1 saturated carbocycles. The maximum absolute atomic E-state index is 13.0. The van der Waals surface area contributed by atoms with E-state index < -0.39 is 10.0 Å². The average Bonchev–Trinajstić information content (AvgIpc) is 3.15. The molecular formula is C21H26N2O3S. The Balaban J connectivity index is 1.48. The van der Waals surface area contributed by atoms with Crippen LogP contribution in [0.4, 0.5) is 0 Å². The Bertz CT molecular complexity index is 956. The number of rotatable bonds is 3. The molecule has 1 aliphatic carbocycles. The maximum Gasteiger partial charge on any atom is 0.243 e. The van der Waals surface area contributed by atoms with E-state index in [0.717, 1.165) is 36.5 Å². The van der Waals surface area contributed by atoms with Crippen molar-refractivity contribution in [2.75, 3.05) is 26.2 Å². The lowest BCUT2D eigenvalue weighted by molar-refractivity contribution is -0.142. The lowest BCUT2D eigenvalue weighted by Crippen LogP contribution is -2.53. The van der Waals surface area contributed by atoms with Crippen molar-refractivity contribution in [2.24, 2.45) is 5.41 Å². The van der Waals surface area contributed by atoms with Crippen molar-refractivity contribution < 1.29 is 13.2 Å². The molecule has 1 saturated heterocycles. The molecule has 0 atom stereocenters. The van der Waals surface area contributed by atoms with Gasteiger partial charge in [0.25, 0.3) is 0 Å².